The summed E-state index contributed by atoms with van der Waals surface area (Å²) in [7, 11) is 0. The summed E-state index contributed by atoms with van der Waals surface area (Å²) in [6, 6.07) is 21.6. The van der Waals surface area contributed by atoms with Crippen LogP contribution in [0.15, 0.2) is 77.2 Å². The zero-order valence-corrected chi connectivity index (χ0v) is 20.9. The molecule has 5 rings (SSSR count). The summed E-state index contributed by atoms with van der Waals surface area (Å²) in [4.78, 5) is 27.8. The fourth-order valence-corrected chi connectivity index (χ4v) is 4.34. The highest BCUT2D eigenvalue weighted by atomic mass is 16.5. The first-order valence-corrected chi connectivity index (χ1v) is 12.6. The lowest BCUT2D eigenvalue weighted by atomic mass is 10.1. The summed E-state index contributed by atoms with van der Waals surface area (Å²) in [6.45, 7) is 4.17. The van der Waals surface area contributed by atoms with Crippen molar-refractivity contribution in [1.29, 1.82) is 0 Å². The highest BCUT2D eigenvalue weighted by Gasteiger charge is 2.23. The third-order valence-corrected chi connectivity index (χ3v) is 6.37. The van der Waals surface area contributed by atoms with Gasteiger partial charge in [0, 0.05) is 36.1 Å². The van der Waals surface area contributed by atoms with Crippen LogP contribution in [-0.2, 0) is 11.3 Å². The molecule has 9 nitrogen and oxygen atoms in total. The number of hydrogen-bond acceptors (Lipinski definition) is 7. The summed E-state index contributed by atoms with van der Waals surface area (Å²) in [6.07, 6.45) is 0. The van der Waals surface area contributed by atoms with Crippen LogP contribution < -0.4 is 21.1 Å². The van der Waals surface area contributed by atoms with Crippen molar-refractivity contribution >= 4 is 34.2 Å². The van der Waals surface area contributed by atoms with Gasteiger partial charge in [0.25, 0.3) is 11.8 Å². The molecule has 4 aromatic rings. The molecule has 0 spiro atoms. The minimum absolute atomic E-state index is 0.261. The predicted octanol–water partition coefficient (Wildman–Crippen LogP) is 3.91. The smallest absolute Gasteiger partial charge is 0.287 e. The number of nitrogen functional groups attached to an aromatic ring is 1. The number of anilines is 2. The van der Waals surface area contributed by atoms with Gasteiger partial charge in [0.2, 0.25) is 0 Å². The summed E-state index contributed by atoms with van der Waals surface area (Å²) >= 11 is 0. The van der Waals surface area contributed by atoms with Gasteiger partial charge in [-0.25, -0.2) is 0 Å². The predicted molar refractivity (Wildman–Crippen MR) is 145 cm³/mol. The third kappa shape index (κ3) is 5.96. The van der Waals surface area contributed by atoms with Gasteiger partial charge in [0.05, 0.1) is 31.1 Å². The summed E-state index contributed by atoms with van der Waals surface area (Å²) in [5.41, 5.74) is 9.00. The maximum atomic E-state index is 13.0. The number of morpholine rings is 1. The standard InChI is InChI=1S/C29H30N4O5/c30-24-6-2-3-7-25(24)32-28(34)20-9-11-21(12-10-20)37-16-13-31-29(35)27-23(19-33-14-17-36-18-15-33)22-5-1-4-8-26(22)38-27/h1-12H,13-19,30H2,(H,31,35)(H,32,34). The number of nitrogens with two attached hydrogens (primary N) is 1. The van der Waals surface area contributed by atoms with Gasteiger partial charge < -0.3 is 30.3 Å². The number of ether oxygens (including phenoxy) is 2. The second kappa shape index (κ2) is 11.8. The van der Waals surface area contributed by atoms with E-state index in [1.54, 1.807) is 48.5 Å². The molecule has 0 unspecified atom stereocenters. The molecule has 9 heteroatoms. The Balaban J connectivity index is 1.15. The van der Waals surface area contributed by atoms with Crippen molar-refractivity contribution in [3.8, 4) is 5.75 Å². The normalized spacial score (nSPS) is 13.8. The summed E-state index contributed by atoms with van der Waals surface area (Å²) in [5.74, 6) is 0.375. The van der Waals surface area contributed by atoms with E-state index in [0.717, 1.165) is 24.0 Å². The van der Waals surface area contributed by atoms with Gasteiger partial charge in [-0.15, -0.1) is 0 Å². The molecule has 4 N–H and O–H groups in total. The van der Waals surface area contributed by atoms with E-state index in [1.165, 1.54) is 0 Å². The molecule has 0 atom stereocenters. The second-order valence-corrected chi connectivity index (χ2v) is 8.96. The van der Waals surface area contributed by atoms with Crippen LogP contribution in [0.25, 0.3) is 11.0 Å². The van der Waals surface area contributed by atoms with Gasteiger partial charge in [0.1, 0.15) is 17.9 Å². The van der Waals surface area contributed by atoms with Crippen molar-refractivity contribution < 1.29 is 23.5 Å². The Kier molecular flexibility index (Phi) is 7.86. The zero-order chi connectivity index (χ0) is 26.3. The number of benzene rings is 3. The Labute approximate surface area is 220 Å². The molecule has 3 aromatic carbocycles. The molecule has 0 saturated carbocycles. The number of carbonyl (C=O) groups is 2. The quantitative estimate of drug-likeness (QED) is 0.229. The molecule has 1 saturated heterocycles. The topological polar surface area (TPSA) is 119 Å². The zero-order valence-electron chi connectivity index (χ0n) is 20.9. The number of fused-ring (bicyclic) bond motifs is 1. The molecule has 1 aromatic heterocycles. The lowest BCUT2D eigenvalue weighted by Crippen LogP contribution is -2.36. The van der Waals surface area contributed by atoms with E-state index in [1.807, 2.05) is 24.3 Å². The number of furan rings is 1. The third-order valence-electron chi connectivity index (χ3n) is 6.37. The van der Waals surface area contributed by atoms with Crippen molar-refractivity contribution in [2.24, 2.45) is 0 Å². The fraction of sp³-hybridized carbons (Fsp3) is 0.241. The molecule has 1 aliphatic heterocycles. The minimum atomic E-state index is -0.278. The van der Waals surface area contributed by atoms with Crippen molar-refractivity contribution in [3.05, 3.63) is 89.7 Å². The number of para-hydroxylation sites is 3. The van der Waals surface area contributed by atoms with Gasteiger partial charge in [-0.1, -0.05) is 30.3 Å². The van der Waals surface area contributed by atoms with E-state index >= 15 is 0 Å². The fourth-order valence-electron chi connectivity index (χ4n) is 4.34. The van der Waals surface area contributed by atoms with Gasteiger partial charge in [-0.05, 0) is 42.5 Å². The van der Waals surface area contributed by atoms with Crippen molar-refractivity contribution in [1.82, 2.24) is 10.2 Å². The van der Waals surface area contributed by atoms with Gasteiger partial charge in [-0.3, -0.25) is 14.5 Å². The van der Waals surface area contributed by atoms with E-state index in [-0.39, 0.29) is 18.4 Å². The minimum Gasteiger partial charge on any atom is -0.492 e. The summed E-state index contributed by atoms with van der Waals surface area (Å²) in [5, 5.41) is 6.63. The first-order valence-electron chi connectivity index (χ1n) is 12.6. The van der Waals surface area contributed by atoms with E-state index < -0.39 is 0 Å². The summed E-state index contributed by atoms with van der Waals surface area (Å²) < 4.78 is 17.2. The Hall–Kier alpha value is -4.34. The molecule has 1 aliphatic rings. The van der Waals surface area contributed by atoms with Gasteiger partial charge in [0.15, 0.2) is 5.76 Å². The van der Waals surface area contributed by atoms with Crippen LogP contribution >= 0.6 is 0 Å². The largest absolute Gasteiger partial charge is 0.492 e. The first kappa shape index (κ1) is 25.3. The van der Waals surface area contributed by atoms with Crippen LogP contribution in [0, 0.1) is 0 Å². The van der Waals surface area contributed by atoms with Crippen molar-refractivity contribution in [3.63, 3.8) is 0 Å². The molecular weight excluding hydrogens is 484 g/mol. The van der Waals surface area contributed by atoms with Crippen LogP contribution in [0.3, 0.4) is 0 Å². The Morgan fingerprint density at radius 2 is 1.66 bits per heavy atom. The molecule has 0 aliphatic carbocycles. The van der Waals surface area contributed by atoms with Gasteiger partial charge >= 0.3 is 0 Å². The van der Waals surface area contributed by atoms with E-state index in [9.17, 15) is 9.59 Å². The highest BCUT2D eigenvalue weighted by molar-refractivity contribution is 6.05. The molecule has 2 amide bonds. The number of carbonyl (C=O) groups excluding carboxylic acids is 2. The van der Waals surface area contributed by atoms with E-state index in [4.69, 9.17) is 19.6 Å². The Morgan fingerprint density at radius 1 is 0.921 bits per heavy atom. The van der Waals surface area contributed by atoms with Crippen LogP contribution in [0.5, 0.6) is 5.75 Å². The molecule has 2 heterocycles. The molecule has 0 radical (unpaired) electrons. The second-order valence-electron chi connectivity index (χ2n) is 8.96. The maximum absolute atomic E-state index is 13.0. The van der Waals surface area contributed by atoms with Crippen molar-refractivity contribution in [2.75, 3.05) is 50.5 Å². The van der Waals surface area contributed by atoms with Crippen molar-refractivity contribution in [2.45, 2.75) is 6.54 Å². The molecule has 38 heavy (non-hydrogen) atoms. The van der Waals surface area contributed by atoms with E-state index in [0.29, 0.717) is 60.3 Å². The maximum Gasteiger partial charge on any atom is 0.287 e. The molecule has 196 valence electrons. The van der Waals surface area contributed by atoms with Crippen LogP contribution in [-0.4, -0.2) is 56.2 Å². The van der Waals surface area contributed by atoms with Crippen LogP contribution in [0.1, 0.15) is 26.5 Å². The Bertz CT molecular complexity index is 1410. The Morgan fingerprint density at radius 3 is 2.45 bits per heavy atom. The van der Waals surface area contributed by atoms with Gasteiger partial charge in [-0.2, -0.15) is 0 Å². The first-order chi connectivity index (χ1) is 18.6. The molecular formula is C29H30N4O5. The SMILES string of the molecule is Nc1ccccc1NC(=O)c1ccc(OCCNC(=O)c2oc3ccccc3c2CN2CCOCC2)cc1. The van der Waals surface area contributed by atoms with Crippen LogP contribution in [0.2, 0.25) is 0 Å². The van der Waals surface area contributed by atoms with E-state index in [2.05, 4.69) is 15.5 Å². The average Bonchev–Trinajstić information content (AvgIpc) is 3.31. The number of amides is 2. The average molecular weight is 515 g/mol. The molecule has 1 fully saturated rings. The monoisotopic (exact) mass is 514 g/mol. The lowest BCUT2D eigenvalue weighted by molar-refractivity contribution is 0.0341. The number of rotatable bonds is 9. The lowest BCUT2D eigenvalue weighted by Gasteiger charge is -2.26. The highest BCUT2D eigenvalue weighted by Crippen LogP contribution is 2.27. The van der Waals surface area contributed by atoms with Crippen LogP contribution in [0.4, 0.5) is 11.4 Å². The number of nitrogens with zero attached hydrogens (tertiary/aromatic N) is 1. The number of nitrogens with one attached hydrogen (secondary N) is 2. The molecule has 0 bridgehead atoms. The number of hydrogen-bond donors (Lipinski definition) is 3.